The van der Waals surface area contributed by atoms with Crippen molar-refractivity contribution in [2.45, 2.75) is 31.7 Å². The van der Waals surface area contributed by atoms with E-state index in [1.807, 2.05) is 29.1 Å². The number of hydrogen-bond acceptors (Lipinski definition) is 6. The molecule has 2 aromatic heterocycles. The van der Waals surface area contributed by atoms with E-state index in [9.17, 15) is 0 Å². The lowest BCUT2D eigenvalue weighted by Gasteiger charge is -2.30. The van der Waals surface area contributed by atoms with Gasteiger partial charge in [-0.1, -0.05) is 23.4 Å². The zero-order valence-electron chi connectivity index (χ0n) is 15.6. The summed E-state index contributed by atoms with van der Waals surface area (Å²) in [6, 6.07) is 10.2. The highest BCUT2D eigenvalue weighted by atomic mass is 16.5. The van der Waals surface area contributed by atoms with E-state index in [1.54, 1.807) is 7.11 Å². The van der Waals surface area contributed by atoms with Crippen LogP contribution in [-0.4, -0.2) is 51.6 Å². The quantitative estimate of drug-likeness (QED) is 0.640. The molecule has 1 atom stereocenters. The van der Waals surface area contributed by atoms with Crippen LogP contribution in [0, 0.1) is 0 Å². The summed E-state index contributed by atoms with van der Waals surface area (Å²) >= 11 is 0. The fraction of sp³-hybridized carbons (Fsp3) is 0.450. The van der Waals surface area contributed by atoms with Crippen LogP contribution in [0.2, 0.25) is 0 Å². The van der Waals surface area contributed by atoms with Crippen LogP contribution >= 0.6 is 0 Å². The maximum Gasteiger partial charge on any atom is 0.231 e. The van der Waals surface area contributed by atoms with E-state index < -0.39 is 0 Å². The first-order chi connectivity index (χ1) is 13.3. The van der Waals surface area contributed by atoms with Crippen LogP contribution in [-0.2, 0) is 17.7 Å². The number of hydrogen-bond donors (Lipinski definition) is 0. The van der Waals surface area contributed by atoms with E-state index >= 15 is 0 Å². The second-order valence-corrected chi connectivity index (χ2v) is 6.99. The second kappa shape index (κ2) is 8.45. The van der Waals surface area contributed by atoms with E-state index in [1.165, 1.54) is 5.56 Å². The van der Waals surface area contributed by atoms with Gasteiger partial charge < -0.3 is 9.26 Å². The summed E-state index contributed by atoms with van der Waals surface area (Å²) in [5.41, 5.74) is 2.29. The van der Waals surface area contributed by atoms with Gasteiger partial charge in [-0.15, -0.1) is 0 Å². The van der Waals surface area contributed by atoms with Crippen LogP contribution in [0.1, 0.15) is 36.0 Å². The van der Waals surface area contributed by atoms with Gasteiger partial charge in [0.05, 0.1) is 24.4 Å². The number of rotatable bonds is 7. The van der Waals surface area contributed by atoms with Crippen LogP contribution in [0.5, 0.6) is 0 Å². The molecule has 0 spiro atoms. The van der Waals surface area contributed by atoms with Crippen LogP contribution < -0.4 is 0 Å². The fourth-order valence-corrected chi connectivity index (χ4v) is 3.55. The molecule has 3 aromatic rings. The lowest BCUT2D eigenvalue weighted by atomic mass is 9.97. The highest BCUT2D eigenvalue weighted by molar-refractivity contribution is 5.30. The lowest BCUT2D eigenvalue weighted by Crippen LogP contribution is -2.33. The number of para-hydroxylation sites is 1. The van der Waals surface area contributed by atoms with Gasteiger partial charge in [0.1, 0.15) is 0 Å². The Morgan fingerprint density at radius 1 is 1.26 bits per heavy atom. The van der Waals surface area contributed by atoms with Crippen molar-refractivity contribution in [1.29, 1.82) is 0 Å². The Balaban J connectivity index is 1.37. The Kier molecular flexibility index (Phi) is 5.60. The van der Waals surface area contributed by atoms with Gasteiger partial charge in [-0.05, 0) is 31.5 Å². The lowest BCUT2D eigenvalue weighted by molar-refractivity contribution is 0.180. The number of ether oxygens (including phenoxy) is 1. The zero-order valence-corrected chi connectivity index (χ0v) is 15.6. The molecule has 0 radical (unpaired) electrons. The first-order valence-corrected chi connectivity index (χ1v) is 9.44. The fourth-order valence-electron chi connectivity index (χ4n) is 3.55. The third-order valence-electron chi connectivity index (χ3n) is 4.93. The van der Waals surface area contributed by atoms with Crippen molar-refractivity contribution in [3.05, 3.63) is 60.0 Å². The normalized spacial score (nSPS) is 18.0. The van der Waals surface area contributed by atoms with Gasteiger partial charge in [0.25, 0.3) is 0 Å². The van der Waals surface area contributed by atoms with Crippen molar-refractivity contribution in [2.75, 3.05) is 26.8 Å². The third-order valence-corrected chi connectivity index (χ3v) is 4.93. The number of methoxy groups -OCH3 is 1. The minimum absolute atomic E-state index is 0.298. The Hall–Kier alpha value is -2.51. The molecular weight excluding hydrogens is 342 g/mol. The average Bonchev–Trinajstić information content (AvgIpc) is 3.37. The third kappa shape index (κ3) is 4.43. The summed E-state index contributed by atoms with van der Waals surface area (Å²) in [4.78, 5) is 7.00. The summed E-state index contributed by atoms with van der Waals surface area (Å²) < 4.78 is 12.5. The van der Waals surface area contributed by atoms with Gasteiger partial charge in [0.15, 0.2) is 5.82 Å². The van der Waals surface area contributed by atoms with E-state index in [4.69, 9.17) is 9.26 Å². The standard InChI is InChI=1S/C20H25N5O2/c1-26-11-9-19-22-20(27-23-19)17-6-5-10-24(15-17)13-16-12-21-25(14-16)18-7-3-2-4-8-18/h2-4,7-8,12,14,17H,5-6,9-11,13,15H2,1H3/t17-/m0/s1. The predicted molar refractivity (Wildman–Crippen MR) is 101 cm³/mol. The zero-order chi connectivity index (χ0) is 18.5. The molecule has 3 heterocycles. The minimum atomic E-state index is 0.298. The molecule has 1 saturated heterocycles. The maximum absolute atomic E-state index is 5.50. The largest absolute Gasteiger partial charge is 0.384 e. The highest BCUT2D eigenvalue weighted by Gasteiger charge is 2.26. The van der Waals surface area contributed by atoms with Gasteiger partial charge in [-0.3, -0.25) is 4.90 Å². The average molecular weight is 367 g/mol. The number of aromatic nitrogens is 4. The molecule has 0 amide bonds. The summed E-state index contributed by atoms with van der Waals surface area (Å²) in [6.45, 7) is 3.51. The first kappa shape index (κ1) is 17.9. The van der Waals surface area contributed by atoms with Gasteiger partial charge in [0.2, 0.25) is 5.89 Å². The van der Waals surface area contributed by atoms with Crippen molar-refractivity contribution in [1.82, 2.24) is 24.8 Å². The summed E-state index contributed by atoms with van der Waals surface area (Å²) in [7, 11) is 1.68. The van der Waals surface area contributed by atoms with Crippen LogP contribution in [0.25, 0.3) is 5.69 Å². The molecule has 27 heavy (non-hydrogen) atoms. The second-order valence-electron chi connectivity index (χ2n) is 6.99. The van der Waals surface area contributed by atoms with Crippen molar-refractivity contribution in [3.63, 3.8) is 0 Å². The van der Waals surface area contributed by atoms with Gasteiger partial charge >= 0.3 is 0 Å². The Bertz CT molecular complexity index is 845. The SMILES string of the molecule is COCCc1noc([C@H]2CCCN(Cc3cnn(-c4ccccc4)c3)C2)n1. The van der Waals surface area contributed by atoms with Crippen molar-refractivity contribution in [3.8, 4) is 5.69 Å². The molecule has 142 valence electrons. The van der Waals surface area contributed by atoms with Crippen LogP contribution in [0.15, 0.2) is 47.2 Å². The Morgan fingerprint density at radius 3 is 3.00 bits per heavy atom. The van der Waals surface area contributed by atoms with E-state index in [0.29, 0.717) is 18.9 Å². The summed E-state index contributed by atoms with van der Waals surface area (Å²) in [5, 5.41) is 8.58. The van der Waals surface area contributed by atoms with E-state index in [2.05, 4.69) is 38.5 Å². The molecule has 4 rings (SSSR count). The van der Waals surface area contributed by atoms with Crippen molar-refractivity contribution >= 4 is 0 Å². The molecule has 0 saturated carbocycles. The first-order valence-electron chi connectivity index (χ1n) is 9.44. The molecule has 0 bridgehead atoms. The molecule has 0 aliphatic carbocycles. The number of likely N-dealkylation sites (tertiary alicyclic amines) is 1. The monoisotopic (exact) mass is 367 g/mol. The van der Waals surface area contributed by atoms with Gasteiger partial charge in [-0.25, -0.2) is 4.68 Å². The van der Waals surface area contributed by atoms with Crippen LogP contribution in [0.4, 0.5) is 0 Å². The van der Waals surface area contributed by atoms with Crippen LogP contribution in [0.3, 0.4) is 0 Å². The summed E-state index contributed by atoms with van der Waals surface area (Å²) in [6.07, 6.45) is 6.97. The summed E-state index contributed by atoms with van der Waals surface area (Å²) in [5.74, 6) is 1.78. The number of nitrogens with zero attached hydrogens (tertiary/aromatic N) is 5. The molecule has 1 aromatic carbocycles. The van der Waals surface area contributed by atoms with Gasteiger partial charge in [-0.2, -0.15) is 10.1 Å². The molecular formula is C20H25N5O2. The van der Waals surface area contributed by atoms with E-state index in [-0.39, 0.29) is 0 Å². The number of benzene rings is 1. The smallest absolute Gasteiger partial charge is 0.231 e. The minimum Gasteiger partial charge on any atom is -0.384 e. The Labute approximate surface area is 158 Å². The molecule has 0 unspecified atom stereocenters. The predicted octanol–water partition coefficient (Wildman–Crippen LogP) is 2.82. The van der Waals surface area contributed by atoms with Gasteiger partial charge in [0, 0.05) is 38.4 Å². The molecule has 7 heteroatoms. The Morgan fingerprint density at radius 2 is 2.15 bits per heavy atom. The molecule has 1 aliphatic heterocycles. The molecule has 1 aliphatic rings. The van der Waals surface area contributed by atoms with E-state index in [0.717, 1.165) is 49.9 Å². The molecule has 1 fully saturated rings. The molecule has 0 N–H and O–H groups in total. The topological polar surface area (TPSA) is 69.2 Å². The number of piperidine rings is 1. The van der Waals surface area contributed by atoms with Crippen molar-refractivity contribution < 1.29 is 9.26 Å². The molecule has 7 nitrogen and oxygen atoms in total. The maximum atomic E-state index is 5.50. The van der Waals surface area contributed by atoms with Crippen molar-refractivity contribution in [2.24, 2.45) is 0 Å². The highest BCUT2D eigenvalue weighted by Crippen LogP contribution is 2.26.